The number of halogens is 2. The van der Waals surface area contributed by atoms with Gasteiger partial charge in [0.15, 0.2) is 0 Å². The number of aromatic hydroxyl groups is 1. The van der Waals surface area contributed by atoms with Gasteiger partial charge in [-0.15, -0.1) is 0 Å². The quantitative estimate of drug-likeness (QED) is 0.774. The van der Waals surface area contributed by atoms with E-state index in [1.165, 1.54) is 0 Å². The number of benzene rings is 1. The monoisotopic (exact) mass is 264 g/mol. The van der Waals surface area contributed by atoms with Crippen LogP contribution in [0, 0.1) is 0 Å². The molecule has 0 aromatic heterocycles. The van der Waals surface area contributed by atoms with E-state index in [4.69, 9.17) is 5.11 Å². The van der Waals surface area contributed by atoms with Crippen LogP contribution in [0.3, 0.4) is 0 Å². The number of hydrogen-bond donors (Lipinski definition) is 1. The van der Waals surface area contributed by atoms with E-state index in [1.807, 2.05) is 12.1 Å². The van der Waals surface area contributed by atoms with Crippen molar-refractivity contribution < 1.29 is 5.11 Å². The highest BCUT2D eigenvalue weighted by Crippen LogP contribution is 2.24. The predicted octanol–water partition coefficient (Wildman–Crippen LogP) is 3.05. The molecule has 0 saturated carbocycles. The van der Waals surface area contributed by atoms with E-state index in [0.29, 0.717) is 0 Å². The fourth-order valence-corrected chi connectivity index (χ4v) is 1.41. The van der Waals surface area contributed by atoms with E-state index in [9.17, 15) is 0 Å². The molecule has 54 valence electrons. The van der Waals surface area contributed by atoms with Crippen LogP contribution in [-0.2, 0) is 5.33 Å². The maximum Gasteiger partial charge on any atom is 0.129 e. The van der Waals surface area contributed by atoms with Crippen molar-refractivity contribution in [2.75, 3.05) is 0 Å². The van der Waals surface area contributed by atoms with Crippen LogP contribution in [0.5, 0.6) is 5.75 Å². The molecule has 0 saturated heterocycles. The normalized spacial score (nSPS) is 9.80. The van der Waals surface area contributed by atoms with E-state index < -0.39 is 0 Å². The molecular formula is C7H6Br2O. The summed E-state index contributed by atoms with van der Waals surface area (Å²) in [6, 6.07) is 5.42. The lowest BCUT2D eigenvalue weighted by Gasteiger charge is -1.97. The Balaban J connectivity index is 3.04. The Hall–Kier alpha value is -0.0200. The van der Waals surface area contributed by atoms with Crippen LogP contribution in [0.2, 0.25) is 0 Å². The smallest absolute Gasteiger partial charge is 0.129 e. The highest BCUT2D eigenvalue weighted by atomic mass is 79.9. The van der Waals surface area contributed by atoms with Gasteiger partial charge in [0.1, 0.15) is 5.75 Å². The number of rotatable bonds is 1. The summed E-state index contributed by atoms with van der Waals surface area (Å²) in [5.74, 6) is 0.282. The first-order valence-corrected chi connectivity index (χ1v) is 4.69. The molecule has 0 fully saturated rings. The van der Waals surface area contributed by atoms with Gasteiger partial charge < -0.3 is 5.11 Å². The van der Waals surface area contributed by atoms with Crippen LogP contribution >= 0.6 is 31.9 Å². The zero-order chi connectivity index (χ0) is 7.56. The van der Waals surface area contributed by atoms with Crippen LogP contribution < -0.4 is 0 Å². The summed E-state index contributed by atoms with van der Waals surface area (Å²) >= 11 is 6.53. The fourth-order valence-electron chi connectivity index (χ4n) is 0.634. The molecule has 1 aromatic carbocycles. The Morgan fingerprint density at radius 1 is 1.40 bits per heavy atom. The Bertz CT molecular complexity index is 235. The first kappa shape index (κ1) is 8.08. The third-order valence-electron chi connectivity index (χ3n) is 1.17. The van der Waals surface area contributed by atoms with E-state index >= 15 is 0 Å². The molecule has 0 radical (unpaired) electrons. The third kappa shape index (κ3) is 1.73. The summed E-state index contributed by atoms with van der Waals surface area (Å²) in [5.41, 5.74) is 1.14. The standard InChI is InChI=1S/C7H6Br2O/c8-4-5-1-2-7(10)6(9)3-5/h1-3,10H,4H2. The summed E-state index contributed by atoms with van der Waals surface area (Å²) in [6.45, 7) is 0. The maximum absolute atomic E-state index is 9.08. The van der Waals surface area contributed by atoms with Crippen LogP contribution in [0.15, 0.2) is 22.7 Å². The molecule has 0 aliphatic carbocycles. The number of phenolic OH excluding ortho intramolecular Hbond substituents is 1. The highest BCUT2D eigenvalue weighted by Gasteiger charge is 1.96. The number of alkyl halides is 1. The summed E-state index contributed by atoms with van der Waals surface area (Å²) in [5, 5.41) is 9.89. The lowest BCUT2D eigenvalue weighted by atomic mass is 10.2. The second kappa shape index (κ2) is 3.39. The Labute approximate surface area is 76.3 Å². The van der Waals surface area contributed by atoms with Crippen LogP contribution in [0.25, 0.3) is 0 Å². The molecule has 1 nitrogen and oxygen atoms in total. The average Bonchev–Trinajstić information content (AvgIpc) is 1.95. The van der Waals surface area contributed by atoms with Gasteiger partial charge in [-0.2, -0.15) is 0 Å². The zero-order valence-corrected chi connectivity index (χ0v) is 8.31. The van der Waals surface area contributed by atoms with Crippen LogP contribution in [0.4, 0.5) is 0 Å². The molecule has 0 amide bonds. The summed E-state index contributed by atoms with van der Waals surface area (Å²) in [7, 11) is 0. The topological polar surface area (TPSA) is 20.2 Å². The van der Waals surface area contributed by atoms with Crippen molar-refractivity contribution in [3.8, 4) is 5.75 Å². The molecule has 0 aliphatic heterocycles. The minimum absolute atomic E-state index is 0.282. The first-order chi connectivity index (χ1) is 4.74. The largest absolute Gasteiger partial charge is 0.507 e. The number of hydrogen-bond acceptors (Lipinski definition) is 1. The van der Waals surface area contributed by atoms with Crippen molar-refractivity contribution >= 4 is 31.9 Å². The molecule has 0 spiro atoms. The van der Waals surface area contributed by atoms with Gasteiger partial charge in [-0.3, -0.25) is 0 Å². The van der Waals surface area contributed by atoms with Crippen molar-refractivity contribution in [1.82, 2.24) is 0 Å². The van der Waals surface area contributed by atoms with Gasteiger partial charge in [0.2, 0.25) is 0 Å². The van der Waals surface area contributed by atoms with E-state index in [-0.39, 0.29) is 5.75 Å². The van der Waals surface area contributed by atoms with Gasteiger partial charge in [-0.05, 0) is 33.6 Å². The molecule has 0 aliphatic rings. The van der Waals surface area contributed by atoms with E-state index in [0.717, 1.165) is 15.4 Å². The highest BCUT2D eigenvalue weighted by molar-refractivity contribution is 9.10. The van der Waals surface area contributed by atoms with Gasteiger partial charge >= 0.3 is 0 Å². The van der Waals surface area contributed by atoms with Crippen LogP contribution in [0.1, 0.15) is 5.56 Å². The van der Waals surface area contributed by atoms with Crippen molar-refractivity contribution in [2.24, 2.45) is 0 Å². The van der Waals surface area contributed by atoms with Crippen molar-refractivity contribution in [3.63, 3.8) is 0 Å². The van der Waals surface area contributed by atoms with Crippen molar-refractivity contribution in [2.45, 2.75) is 5.33 Å². The average molecular weight is 266 g/mol. The molecule has 0 unspecified atom stereocenters. The molecule has 1 N–H and O–H groups in total. The lowest BCUT2D eigenvalue weighted by Crippen LogP contribution is -1.76. The summed E-state index contributed by atoms with van der Waals surface area (Å²) in [4.78, 5) is 0. The van der Waals surface area contributed by atoms with Gasteiger partial charge in [0.25, 0.3) is 0 Å². The second-order valence-electron chi connectivity index (χ2n) is 1.92. The first-order valence-electron chi connectivity index (χ1n) is 2.77. The molecule has 3 heteroatoms. The Morgan fingerprint density at radius 2 is 2.10 bits per heavy atom. The molecule has 10 heavy (non-hydrogen) atoms. The maximum atomic E-state index is 9.08. The SMILES string of the molecule is Oc1ccc(CBr)cc1Br. The van der Waals surface area contributed by atoms with Gasteiger partial charge in [-0.1, -0.05) is 22.0 Å². The van der Waals surface area contributed by atoms with E-state index in [1.54, 1.807) is 6.07 Å². The fraction of sp³-hybridized carbons (Fsp3) is 0.143. The van der Waals surface area contributed by atoms with E-state index in [2.05, 4.69) is 31.9 Å². The third-order valence-corrected chi connectivity index (χ3v) is 2.45. The lowest BCUT2D eigenvalue weighted by molar-refractivity contribution is 0.472. The van der Waals surface area contributed by atoms with Gasteiger partial charge in [-0.25, -0.2) is 0 Å². The van der Waals surface area contributed by atoms with Crippen molar-refractivity contribution in [3.05, 3.63) is 28.2 Å². The van der Waals surface area contributed by atoms with Gasteiger partial charge in [0, 0.05) is 5.33 Å². The summed E-state index contributed by atoms with van der Waals surface area (Å²) < 4.78 is 0.740. The van der Waals surface area contributed by atoms with Gasteiger partial charge in [0.05, 0.1) is 4.47 Å². The molecule has 1 rings (SSSR count). The zero-order valence-electron chi connectivity index (χ0n) is 5.14. The number of phenols is 1. The molecule has 0 heterocycles. The van der Waals surface area contributed by atoms with Crippen LogP contribution in [-0.4, -0.2) is 5.11 Å². The summed E-state index contributed by atoms with van der Waals surface area (Å²) in [6.07, 6.45) is 0. The predicted molar refractivity (Wildman–Crippen MR) is 48.4 cm³/mol. The molecule has 1 aromatic rings. The minimum atomic E-state index is 0.282. The Morgan fingerprint density at radius 3 is 2.60 bits per heavy atom. The minimum Gasteiger partial charge on any atom is -0.507 e. The van der Waals surface area contributed by atoms with Crippen molar-refractivity contribution in [1.29, 1.82) is 0 Å². The Kier molecular flexibility index (Phi) is 2.74. The molecule has 0 atom stereocenters. The molecule has 0 bridgehead atoms. The second-order valence-corrected chi connectivity index (χ2v) is 3.33. The molecular weight excluding hydrogens is 260 g/mol.